The molecule has 0 radical (unpaired) electrons. The topological polar surface area (TPSA) is 101 Å². The van der Waals surface area contributed by atoms with Crippen LogP contribution in [0.15, 0.2) is 37.1 Å². The first-order valence-electron chi connectivity index (χ1n) is 7.78. The average Bonchev–Trinajstić information content (AvgIpc) is 3.11. The molecular weight excluding hydrogens is 308 g/mol. The van der Waals surface area contributed by atoms with E-state index in [9.17, 15) is 4.79 Å². The summed E-state index contributed by atoms with van der Waals surface area (Å²) in [5.41, 5.74) is 1.12. The SMILES string of the molecule is O=C(NC1CCN(c2ccc3nncn3n2)CC1)c1ccncn1. The summed E-state index contributed by atoms with van der Waals surface area (Å²) >= 11 is 0. The predicted molar refractivity (Wildman–Crippen MR) is 85.5 cm³/mol. The number of fused-ring (bicyclic) bond motifs is 1. The minimum atomic E-state index is -0.153. The van der Waals surface area contributed by atoms with Gasteiger partial charge in [-0.25, -0.2) is 9.97 Å². The molecule has 1 saturated heterocycles. The molecule has 0 aromatic carbocycles. The highest BCUT2D eigenvalue weighted by Crippen LogP contribution is 2.18. The van der Waals surface area contributed by atoms with Crippen LogP contribution in [0.2, 0.25) is 0 Å². The molecule has 1 fully saturated rings. The lowest BCUT2D eigenvalue weighted by molar-refractivity contribution is 0.0926. The molecule has 0 aliphatic carbocycles. The Balaban J connectivity index is 1.37. The van der Waals surface area contributed by atoms with E-state index in [4.69, 9.17) is 0 Å². The van der Waals surface area contributed by atoms with Crippen LogP contribution in [0.1, 0.15) is 23.3 Å². The van der Waals surface area contributed by atoms with Gasteiger partial charge in [0.1, 0.15) is 24.2 Å². The van der Waals surface area contributed by atoms with E-state index in [1.54, 1.807) is 23.1 Å². The normalized spacial score (nSPS) is 15.6. The summed E-state index contributed by atoms with van der Waals surface area (Å²) in [4.78, 5) is 22.1. The Morgan fingerprint density at radius 2 is 2.08 bits per heavy atom. The summed E-state index contributed by atoms with van der Waals surface area (Å²) in [6.07, 6.45) is 6.26. The Morgan fingerprint density at radius 1 is 1.21 bits per heavy atom. The fourth-order valence-electron chi connectivity index (χ4n) is 2.82. The molecule has 9 nitrogen and oxygen atoms in total. The zero-order valence-electron chi connectivity index (χ0n) is 12.9. The summed E-state index contributed by atoms with van der Waals surface area (Å²) in [7, 11) is 0. The third kappa shape index (κ3) is 2.87. The van der Waals surface area contributed by atoms with Crippen molar-refractivity contribution >= 4 is 17.4 Å². The van der Waals surface area contributed by atoms with Crippen molar-refractivity contribution in [1.82, 2.24) is 35.1 Å². The summed E-state index contributed by atoms with van der Waals surface area (Å²) < 4.78 is 1.66. The Morgan fingerprint density at radius 3 is 2.88 bits per heavy atom. The summed E-state index contributed by atoms with van der Waals surface area (Å²) in [6, 6.07) is 5.60. The number of aromatic nitrogens is 6. The number of anilines is 1. The van der Waals surface area contributed by atoms with E-state index in [1.165, 1.54) is 6.33 Å². The van der Waals surface area contributed by atoms with E-state index in [-0.39, 0.29) is 11.9 Å². The molecule has 1 N–H and O–H groups in total. The van der Waals surface area contributed by atoms with Gasteiger partial charge in [-0.2, -0.15) is 4.52 Å². The van der Waals surface area contributed by atoms with Crippen LogP contribution < -0.4 is 10.2 Å². The van der Waals surface area contributed by atoms with Crippen molar-refractivity contribution in [1.29, 1.82) is 0 Å². The van der Waals surface area contributed by atoms with Crippen LogP contribution in [-0.4, -0.2) is 54.8 Å². The quantitative estimate of drug-likeness (QED) is 0.740. The van der Waals surface area contributed by atoms with E-state index in [0.717, 1.165) is 37.4 Å². The monoisotopic (exact) mass is 324 g/mol. The maximum Gasteiger partial charge on any atom is 0.270 e. The highest BCUT2D eigenvalue weighted by Gasteiger charge is 2.22. The highest BCUT2D eigenvalue weighted by molar-refractivity contribution is 5.92. The van der Waals surface area contributed by atoms with E-state index < -0.39 is 0 Å². The third-order valence-corrected chi connectivity index (χ3v) is 4.12. The number of hydrogen-bond donors (Lipinski definition) is 1. The van der Waals surface area contributed by atoms with E-state index in [0.29, 0.717) is 5.69 Å². The summed E-state index contributed by atoms with van der Waals surface area (Å²) in [5.74, 6) is 0.739. The van der Waals surface area contributed by atoms with Crippen molar-refractivity contribution in [2.24, 2.45) is 0 Å². The molecule has 24 heavy (non-hydrogen) atoms. The van der Waals surface area contributed by atoms with Crippen molar-refractivity contribution in [3.8, 4) is 0 Å². The lowest BCUT2D eigenvalue weighted by Gasteiger charge is -2.32. The number of carbonyl (C=O) groups excluding carboxylic acids is 1. The molecule has 0 saturated carbocycles. The van der Waals surface area contributed by atoms with Gasteiger partial charge in [0.2, 0.25) is 0 Å². The van der Waals surface area contributed by atoms with E-state index >= 15 is 0 Å². The maximum absolute atomic E-state index is 12.1. The number of carbonyl (C=O) groups is 1. The van der Waals surface area contributed by atoms with Gasteiger partial charge in [0.25, 0.3) is 5.91 Å². The van der Waals surface area contributed by atoms with Crippen LogP contribution >= 0.6 is 0 Å². The molecular formula is C15H16N8O. The highest BCUT2D eigenvalue weighted by atomic mass is 16.1. The maximum atomic E-state index is 12.1. The second kappa shape index (κ2) is 6.19. The first kappa shape index (κ1) is 14.5. The molecule has 0 atom stereocenters. The molecule has 1 aliphatic heterocycles. The van der Waals surface area contributed by atoms with Gasteiger partial charge in [-0.05, 0) is 31.0 Å². The van der Waals surface area contributed by atoms with Gasteiger partial charge in [0.05, 0.1) is 0 Å². The average molecular weight is 324 g/mol. The zero-order chi connectivity index (χ0) is 16.4. The molecule has 4 rings (SSSR count). The summed E-state index contributed by atoms with van der Waals surface area (Å²) in [5, 5.41) is 15.3. The number of amides is 1. The second-order valence-corrected chi connectivity index (χ2v) is 5.65. The van der Waals surface area contributed by atoms with Crippen molar-refractivity contribution in [2.45, 2.75) is 18.9 Å². The molecule has 0 bridgehead atoms. The largest absolute Gasteiger partial charge is 0.355 e. The van der Waals surface area contributed by atoms with Crippen molar-refractivity contribution in [3.63, 3.8) is 0 Å². The summed E-state index contributed by atoms with van der Waals surface area (Å²) in [6.45, 7) is 1.66. The molecule has 0 spiro atoms. The van der Waals surface area contributed by atoms with Crippen molar-refractivity contribution < 1.29 is 4.79 Å². The molecule has 3 aromatic heterocycles. The molecule has 4 heterocycles. The molecule has 9 heteroatoms. The number of hydrogen-bond acceptors (Lipinski definition) is 7. The fraction of sp³-hybridized carbons (Fsp3) is 0.333. The minimum Gasteiger partial charge on any atom is -0.355 e. The van der Waals surface area contributed by atoms with Gasteiger partial charge < -0.3 is 10.2 Å². The molecule has 122 valence electrons. The van der Waals surface area contributed by atoms with Gasteiger partial charge in [0, 0.05) is 25.3 Å². The smallest absolute Gasteiger partial charge is 0.270 e. The van der Waals surface area contributed by atoms with Crippen molar-refractivity contribution in [3.05, 3.63) is 42.7 Å². The van der Waals surface area contributed by atoms with E-state index in [2.05, 4.69) is 35.5 Å². The molecule has 0 unspecified atom stereocenters. The van der Waals surface area contributed by atoms with Gasteiger partial charge in [-0.1, -0.05) is 0 Å². The zero-order valence-corrected chi connectivity index (χ0v) is 12.9. The van der Waals surface area contributed by atoms with Crippen LogP contribution in [0, 0.1) is 0 Å². The number of nitrogens with one attached hydrogen (secondary N) is 1. The first-order valence-corrected chi connectivity index (χ1v) is 7.78. The standard InChI is InChI=1S/C15H16N8O/c24-15(12-3-6-16-9-17-12)19-11-4-7-22(8-5-11)14-2-1-13-20-18-10-23(13)21-14/h1-3,6,9-11H,4-5,7-8H2,(H,19,24). The lowest BCUT2D eigenvalue weighted by Crippen LogP contribution is -2.45. The first-order chi connectivity index (χ1) is 11.8. The third-order valence-electron chi connectivity index (χ3n) is 4.12. The molecule has 1 amide bonds. The second-order valence-electron chi connectivity index (χ2n) is 5.65. The Bertz CT molecular complexity index is 841. The minimum absolute atomic E-state index is 0.141. The number of nitrogens with zero attached hydrogens (tertiary/aromatic N) is 7. The Hall–Kier alpha value is -3.10. The van der Waals surface area contributed by atoms with Gasteiger partial charge >= 0.3 is 0 Å². The van der Waals surface area contributed by atoms with Crippen LogP contribution in [0.3, 0.4) is 0 Å². The number of piperidine rings is 1. The Labute approximate surface area is 137 Å². The van der Waals surface area contributed by atoms with Gasteiger partial charge in [0.15, 0.2) is 5.65 Å². The fourth-order valence-corrected chi connectivity index (χ4v) is 2.82. The Kier molecular flexibility index (Phi) is 3.73. The molecule has 3 aromatic rings. The predicted octanol–water partition coefficient (Wildman–Crippen LogP) is 0.313. The number of rotatable bonds is 3. The lowest BCUT2D eigenvalue weighted by atomic mass is 10.0. The van der Waals surface area contributed by atoms with Crippen LogP contribution in [-0.2, 0) is 0 Å². The van der Waals surface area contributed by atoms with E-state index in [1.807, 2.05) is 12.1 Å². The van der Waals surface area contributed by atoms with Gasteiger partial charge in [-0.3, -0.25) is 4.79 Å². The van der Waals surface area contributed by atoms with Crippen LogP contribution in [0.25, 0.3) is 5.65 Å². The van der Waals surface area contributed by atoms with Crippen LogP contribution in [0.4, 0.5) is 5.82 Å². The van der Waals surface area contributed by atoms with Crippen molar-refractivity contribution in [2.75, 3.05) is 18.0 Å². The van der Waals surface area contributed by atoms with Crippen LogP contribution in [0.5, 0.6) is 0 Å². The molecule has 1 aliphatic rings. The van der Waals surface area contributed by atoms with Gasteiger partial charge in [-0.15, -0.1) is 15.3 Å².